The molecule has 0 radical (unpaired) electrons. The van der Waals surface area contributed by atoms with E-state index >= 15 is 0 Å². The summed E-state index contributed by atoms with van der Waals surface area (Å²) >= 11 is 7.62. The molecule has 0 saturated carbocycles. The third kappa shape index (κ3) is 4.26. The summed E-state index contributed by atoms with van der Waals surface area (Å²) in [4.78, 5) is 11.5. The first-order valence-corrected chi connectivity index (χ1v) is 9.66. The highest BCUT2D eigenvalue weighted by molar-refractivity contribution is 8.00. The molecule has 0 aliphatic rings. The number of nitrogens with zero attached hydrogens (tertiary/aromatic N) is 3. The molecular weight excluding hydrogens is 384 g/mol. The van der Waals surface area contributed by atoms with Gasteiger partial charge in [-0.2, -0.15) is 0 Å². The van der Waals surface area contributed by atoms with Crippen molar-refractivity contribution in [2.45, 2.75) is 24.3 Å². The van der Waals surface area contributed by atoms with E-state index < -0.39 is 11.2 Å². The molecule has 1 heterocycles. The second-order valence-electron chi connectivity index (χ2n) is 5.71. The van der Waals surface area contributed by atoms with E-state index in [4.69, 9.17) is 22.1 Å². The lowest BCUT2D eigenvalue weighted by Crippen LogP contribution is -2.23. The molecule has 0 aliphatic carbocycles. The van der Waals surface area contributed by atoms with Crippen LogP contribution in [0.4, 0.5) is 0 Å². The van der Waals surface area contributed by atoms with Gasteiger partial charge in [0.15, 0.2) is 11.0 Å². The van der Waals surface area contributed by atoms with Crippen molar-refractivity contribution >= 4 is 29.3 Å². The number of aromatic nitrogens is 3. The maximum atomic E-state index is 11.5. The molecule has 1 atom stereocenters. The van der Waals surface area contributed by atoms with Gasteiger partial charge >= 0.3 is 0 Å². The van der Waals surface area contributed by atoms with E-state index in [1.54, 1.807) is 13.0 Å². The van der Waals surface area contributed by atoms with Crippen molar-refractivity contribution in [3.63, 3.8) is 0 Å². The van der Waals surface area contributed by atoms with Crippen LogP contribution in [0.25, 0.3) is 17.1 Å². The number of hydrogen-bond donors (Lipinski definition) is 1. The fourth-order valence-electron chi connectivity index (χ4n) is 2.47. The van der Waals surface area contributed by atoms with Crippen molar-refractivity contribution in [3.05, 3.63) is 53.6 Å². The first-order valence-electron chi connectivity index (χ1n) is 8.40. The molecule has 1 amide bonds. The molecule has 8 heteroatoms. The van der Waals surface area contributed by atoms with Crippen LogP contribution in [0.2, 0.25) is 5.02 Å². The van der Waals surface area contributed by atoms with Gasteiger partial charge < -0.3 is 10.5 Å². The molecule has 2 aromatic carbocycles. The third-order valence-electron chi connectivity index (χ3n) is 3.84. The van der Waals surface area contributed by atoms with Crippen LogP contribution >= 0.6 is 23.4 Å². The number of amides is 1. The number of hydrogen-bond acceptors (Lipinski definition) is 5. The molecule has 1 aromatic heterocycles. The molecule has 0 aliphatic heterocycles. The van der Waals surface area contributed by atoms with Gasteiger partial charge in [-0.25, -0.2) is 0 Å². The van der Waals surface area contributed by atoms with E-state index in [2.05, 4.69) is 10.2 Å². The van der Waals surface area contributed by atoms with Crippen LogP contribution in [0, 0.1) is 0 Å². The number of benzene rings is 2. The second-order valence-corrected chi connectivity index (χ2v) is 7.43. The molecule has 140 valence electrons. The molecule has 6 nitrogen and oxygen atoms in total. The lowest BCUT2D eigenvalue weighted by molar-refractivity contribution is -0.117. The van der Waals surface area contributed by atoms with E-state index in [-0.39, 0.29) is 0 Å². The Morgan fingerprint density at radius 2 is 1.93 bits per heavy atom. The minimum Gasteiger partial charge on any atom is -0.494 e. The van der Waals surface area contributed by atoms with Crippen molar-refractivity contribution < 1.29 is 9.53 Å². The molecule has 2 N–H and O–H groups in total. The van der Waals surface area contributed by atoms with Gasteiger partial charge in [-0.3, -0.25) is 9.36 Å². The minimum absolute atomic E-state index is 0.416. The summed E-state index contributed by atoms with van der Waals surface area (Å²) in [5, 5.41) is 9.26. The zero-order valence-corrected chi connectivity index (χ0v) is 16.5. The van der Waals surface area contributed by atoms with Crippen LogP contribution in [0.5, 0.6) is 5.75 Å². The Morgan fingerprint density at radius 3 is 2.56 bits per heavy atom. The number of thioether (sulfide) groups is 1. The summed E-state index contributed by atoms with van der Waals surface area (Å²) in [5.41, 5.74) is 6.99. The Balaban J connectivity index is 2.11. The molecule has 0 fully saturated rings. The summed E-state index contributed by atoms with van der Waals surface area (Å²) < 4.78 is 7.37. The number of ether oxygens (including phenoxy) is 1. The normalized spacial score (nSPS) is 12.0. The second kappa shape index (κ2) is 8.45. The SMILES string of the molecule is CCOc1ccc(-n2c(S[C@H](C)C(N)=O)nnc2-c2ccccc2Cl)cc1. The number of halogens is 1. The lowest BCUT2D eigenvalue weighted by Gasteiger charge is -2.13. The molecular formula is C19H19ClN4O2S. The predicted molar refractivity (Wildman–Crippen MR) is 107 cm³/mol. The Labute approximate surface area is 166 Å². The molecule has 0 spiro atoms. The number of rotatable bonds is 7. The maximum absolute atomic E-state index is 11.5. The summed E-state index contributed by atoms with van der Waals surface area (Å²) in [6.45, 7) is 4.26. The number of primary amides is 1. The molecule has 3 rings (SSSR count). The Morgan fingerprint density at radius 1 is 1.22 bits per heavy atom. The van der Waals surface area contributed by atoms with Crippen molar-refractivity contribution in [1.29, 1.82) is 0 Å². The van der Waals surface area contributed by atoms with Crippen LogP contribution in [0.3, 0.4) is 0 Å². The third-order valence-corrected chi connectivity index (χ3v) is 5.23. The largest absolute Gasteiger partial charge is 0.494 e. The van der Waals surface area contributed by atoms with Crippen LogP contribution in [0.15, 0.2) is 53.7 Å². The quantitative estimate of drug-likeness (QED) is 0.605. The Kier molecular flexibility index (Phi) is 6.03. The van der Waals surface area contributed by atoms with Crippen LogP contribution < -0.4 is 10.5 Å². The molecule has 0 bridgehead atoms. The van der Waals surface area contributed by atoms with Gasteiger partial charge in [0.2, 0.25) is 5.91 Å². The minimum atomic E-state index is -0.449. The average molecular weight is 403 g/mol. The van der Waals surface area contributed by atoms with Crippen molar-refractivity contribution in [1.82, 2.24) is 14.8 Å². The van der Waals surface area contributed by atoms with Crippen LogP contribution in [0.1, 0.15) is 13.8 Å². The van der Waals surface area contributed by atoms with Crippen molar-refractivity contribution in [3.8, 4) is 22.8 Å². The zero-order chi connectivity index (χ0) is 19.4. The van der Waals surface area contributed by atoms with E-state index in [0.29, 0.717) is 22.6 Å². The van der Waals surface area contributed by atoms with E-state index in [0.717, 1.165) is 17.0 Å². The first-order chi connectivity index (χ1) is 13.0. The van der Waals surface area contributed by atoms with E-state index in [9.17, 15) is 4.79 Å². The number of carbonyl (C=O) groups is 1. The molecule has 0 saturated heterocycles. The topological polar surface area (TPSA) is 83.0 Å². The Hall–Kier alpha value is -2.51. The monoisotopic (exact) mass is 402 g/mol. The highest BCUT2D eigenvalue weighted by Gasteiger charge is 2.21. The number of nitrogens with two attached hydrogens (primary N) is 1. The van der Waals surface area contributed by atoms with E-state index in [1.807, 2.05) is 54.0 Å². The van der Waals surface area contributed by atoms with Gasteiger partial charge in [-0.1, -0.05) is 35.5 Å². The summed E-state index contributed by atoms with van der Waals surface area (Å²) in [5.74, 6) is 0.942. The lowest BCUT2D eigenvalue weighted by atomic mass is 10.2. The number of carbonyl (C=O) groups excluding carboxylic acids is 1. The average Bonchev–Trinajstić information content (AvgIpc) is 3.06. The fourth-order valence-corrected chi connectivity index (χ4v) is 3.51. The summed E-state index contributed by atoms with van der Waals surface area (Å²) in [6, 6.07) is 15.0. The summed E-state index contributed by atoms with van der Waals surface area (Å²) in [6.07, 6.45) is 0. The van der Waals surface area contributed by atoms with Crippen LogP contribution in [-0.4, -0.2) is 32.5 Å². The van der Waals surface area contributed by atoms with Gasteiger partial charge in [0.25, 0.3) is 0 Å². The van der Waals surface area contributed by atoms with Gasteiger partial charge in [-0.05, 0) is 50.2 Å². The Bertz CT molecular complexity index is 943. The summed E-state index contributed by atoms with van der Waals surface area (Å²) in [7, 11) is 0. The molecule has 0 unspecified atom stereocenters. The van der Waals surface area contributed by atoms with Gasteiger partial charge in [-0.15, -0.1) is 10.2 Å². The zero-order valence-electron chi connectivity index (χ0n) is 14.9. The fraction of sp³-hybridized carbons (Fsp3) is 0.211. The highest BCUT2D eigenvalue weighted by atomic mass is 35.5. The van der Waals surface area contributed by atoms with Crippen LogP contribution in [-0.2, 0) is 4.79 Å². The predicted octanol–water partition coefficient (Wildman–Crippen LogP) is 3.95. The van der Waals surface area contributed by atoms with Crippen molar-refractivity contribution in [2.24, 2.45) is 5.73 Å². The van der Waals surface area contributed by atoms with Crippen molar-refractivity contribution in [2.75, 3.05) is 6.61 Å². The van der Waals surface area contributed by atoms with E-state index in [1.165, 1.54) is 11.8 Å². The first kappa shape index (κ1) is 19.3. The van der Waals surface area contributed by atoms with Gasteiger partial charge in [0.05, 0.1) is 16.9 Å². The molecule has 27 heavy (non-hydrogen) atoms. The molecule has 3 aromatic rings. The standard InChI is InChI=1S/C19H19ClN4O2S/c1-3-26-14-10-8-13(9-11-14)24-18(15-6-4-5-7-16(15)20)22-23-19(24)27-12(2)17(21)25/h4-12H,3H2,1-2H3,(H2,21,25)/t12-/m1/s1. The highest BCUT2D eigenvalue weighted by Crippen LogP contribution is 2.33. The smallest absolute Gasteiger partial charge is 0.230 e. The maximum Gasteiger partial charge on any atom is 0.230 e. The van der Waals surface area contributed by atoms with Gasteiger partial charge in [0, 0.05) is 11.3 Å². The van der Waals surface area contributed by atoms with Gasteiger partial charge in [0.1, 0.15) is 5.75 Å².